The van der Waals surface area contributed by atoms with Crippen LogP contribution < -0.4 is 5.32 Å². The molecule has 0 saturated heterocycles. The van der Waals surface area contributed by atoms with Crippen molar-refractivity contribution in [1.29, 1.82) is 0 Å². The van der Waals surface area contributed by atoms with Crippen LogP contribution in [0.3, 0.4) is 0 Å². The molecule has 0 heterocycles. The maximum Gasteiger partial charge on any atom is 0.0292 e. The van der Waals surface area contributed by atoms with Crippen LogP contribution in [0.15, 0.2) is 29.2 Å². The van der Waals surface area contributed by atoms with Crippen LogP contribution in [-0.4, -0.2) is 12.8 Å². The number of nitrogens with one attached hydrogen (secondary N) is 1. The van der Waals surface area contributed by atoms with Gasteiger partial charge in [0, 0.05) is 17.5 Å². The van der Waals surface area contributed by atoms with Crippen LogP contribution in [0, 0.1) is 5.41 Å². The number of hydrogen-bond acceptors (Lipinski definition) is 2. The fourth-order valence-corrected chi connectivity index (χ4v) is 3.12. The molecule has 0 radical (unpaired) electrons. The van der Waals surface area contributed by atoms with E-state index >= 15 is 0 Å². The Morgan fingerprint density at radius 2 is 1.94 bits per heavy atom. The fraction of sp³-hybridized carbons (Fsp3) is 0.625. The largest absolute Gasteiger partial charge is 0.310 e. The first-order valence-corrected chi connectivity index (χ1v) is 8.29. The normalized spacial score (nSPS) is 19.3. The van der Waals surface area contributed by atoms with Crippen molar-refractivity contribution >= 4 is 11.8 Å². The molecule has 2 heteroatoms. The van der Waals surface area contributed by atoms with Crippen molar-refractivity contribution in [1.82, 2.24) is 5.32 Å². The van der Waals surface area contributed by atoms with Gasteiger partial charge in [0.25, 0.3) is 0 Å². The molecule has 1 aliphatic carbocycles. The molecule has 1 N–H and O–H groups in total. The Morgan fingerprint density at radius 3 is 2.39 bits per heavy atom. The topological polar surface area (TPSA) is 12.0 Å². The van der Waals surface area contributed by atoms with Gasteiger partial charge in [-0.25, -0.2) is 0 Å². The van der Waals surface area contributed by atoms with Gasteiger partial charge in [-0.1, -0.05) is 25.5 Å². The Balaban J connectivity index is 1.88. The lowest BCUT2D eigenvalue weighted by atomic mass is 9.67. The van der Waals surface area contributed by atoms with E-state index in [1.54, 1.807) is 11.8 Å². The van der Waals surface area contributed by atoms with E-state index in [4.69, 9.17) is 0 Å². The van der Waals surface area contributed by atoms with Crippen LogP contribution >= 0.6 is 11.8 Å². The van der Waals surface area contributed by atoms with Gasteiger partial charge < -0.3 is 5.32 Å². The molecule has 100 valence electrons. The van der Waals surface area contributed by atoms with Crippen LogP contribution in [-0.2, 0) is 0 Å². The van der Waals surface area contributed by atoms with E-state index in [2.05, 4.69) is 49.7 Å². The molecule has 1 aromatic rings. The highest BCUT2D eigenvalue weighted by Gasteiger charge is 2.34. The molecule has 1 fully saturated rings. The van der Waals surface area contributed by atoms with E-state index in [1.807, 2.05) is 0 Å². The second kappa shape index (κ2) is 6.12. The van der Waals surface area contributed by atoms with Crippen molar-refractivity contribution < 1.29 is 0 Å². The van der Waals surface area contributed by atoms with Crippen LogP contribution in [0.5, 0.6) is 0 Å². The molecule has 1 nitrogen and oxygen atoms in total. The molecule has 1 atom stereocenters. The highest BCUT2D eigenvalue weighted by atomic mass is 32.2. The van der Waals surface area contributed by atoms with Crippen molar-refractivity contribution in [3.8, 4) is 0 Å². The lowest BCUT2D eigenvalue weighted by molar-refractivity contribution is 0.120. The van der Waals surface area contributed by atoms with Crippen molar-refractivity contribution in [3.63, 3.8) is 0 Å². The highest BCUT2D eigenvalue weighted by Crippen LogP contribution is 2.43. The van der Waals surface area contributed by atoms with Gasteiger partial charge in [0.15, 0.2) is 0 Å². The summed E-state index contributed by atoms with van der Waals surface area (Å²) in [6.45, 7) is 5.78. The van der Waals surface area contributed by atoms with Gasteiger partial charge in [-0.2, -0.15) is 0 Å². The zero-order valence-corrected chi connectivity index (χ0v) is 12.6. The maximum absolute atomic E-state index is 3.72. The van der Waals surface area contributed by atoms with E-state index in [9.17, 15) is 0 Å². The minimum Gasteiger partial charge on any atom is -0.310 e. The second-order valence-electron chi connectivity index (χ2n) is 5.58. The van der Waals surface area contributed by atoms with E-state index in [1.165, 1.54) is 42.7 Å². The summed E-state index contributed by atoms with van der Waals surface area (Å²) in [5.74, 6) is 0. The van der Waals surface area contributed by atoms with Gasteiger partial charge >= 0.3 is 0 Å². The Kier molecular flexibility index (Phi) is 4.74. The van der Waals surface area contributed by atoms with Gasteiger partial charge in [-0.05, 0) is 55.6 Å². The third-order valence-corrected chi connectivity index (χ3v) is 5.31. The van der Waals surface area contributed by atoms with E-state index < -0.39 is 0 Å². The second-order valence-corrected chi connectivity index (χ2v) is 6.46. The zero-order chi connectivity index (χ0) is 13.0. The predicted octanol–water partition coefficient (Wildman–Crippen LogP) is 4.64. The monoisotopic (exact) mass is 263 g/mol. The number of thioether (sulfide) groups is 1. The minimum atomic E-state index is 0.463. The number of hydrogen-bond donors (Lipinski definition) is 1. The summed E-state index contributed by atoms with van der Waals surface area (Å²) in [5, 5.41) is 3.72. The third kappa shape index (κ3) is 3.10. The standard InChI is InChI=1S/C16H25NS/c1-4-16(10-5-11-16)12-17-13(2)14-6-8-15(18-3)9-7-14/h6-9,13,17H,4-5,10-12H2,1-3H3. The zero-order valence-electron chi connectivity index (χ0n) is 11.8. The summed E-state index contributed by atoms with van der Waals surface area (Å²) in [7, 11) is 0. The molecule has 1 aliphatic rings. The molecular formula is C16H25NS. The molecule has 0 spiro atoms. The molecule has 0 aromatic heterocycles. The van der Waals surface area contributed by atoms with Gasteiger partial charge in [0.2, 0.25) is 0 Å². The van der Waals surface area contributed by atoms with Crippen molar-refractivity contribution in [2.24, 2.45) is 5.41 Å². The van der Waals surface area contributed by atoms with Gasteiger partial charge in [0.05, 0.1) is 0 Å². The Morgan fingerprint density at radius 1 is 1.28 bits per heavy atom. The van der Waals surface area contributed by atoms with Gasteiger partial charge in [-0.3, -0.25) is 0 Å². The summed E-state index contributed by atoms with van der Waals surface area (Å²) in [5.41, 5.74) is 2.01. The van der Waals surface area contributed by atoms with Crippen LogP contribution in [0.1, 0.15) is 51.1 Å². The molecule has 2 rings (SSSR count). The first kappa shape index (κ1) is 14.0. The van der Waals surface area contributed by atoms with Crippen LogP contribution in [0.2, 0.25) is 0 Å². The fourth-order valence-electron chi connectivity index (χ4n) is 2.71. The Bertz CT molecular complexity index is 362. The maximum atomic E-state index is 3.72. The molecule has 18 heavy (non-hydrogen) atoms. The molecule has 1 aromatic carbocycles. The number of rotatable bonds is 6. The van der Waals surface area contributed by atoms with Gasteiger partial charge in [0.1, 0.15) is 0 Å². The van der Waals surface area contributed by atoms with E-state index in [-0.39, 0.29) is 0 Å². The number of benzene rings is 1. The van der Waals surface area contributed by atoms with Crippen molar-refractivity contribution in [2.75, 3.05) is 12.8 Å². The van der Waals surface area contributed by atoms with Crippen molar-refractivity contribution in [2.45, 2.75) is 50.5 Å². The molecule has 1 unspecified atom stereocenters. The quantitative estimate of drug-likeness (QED) is 0.750. The molecule has 1 saturated carbocycles. The first-order chi connectivity index (χ1) is 8.69. The van der Waals surface area contributed by atoms with Crippen molar-refractivity contribution in [3.05, 3.63) is 29.8 Å². The molecule has 0 bridgehead atoms. The molecule has 0 aliphatic heterocycles. The SMILES string of the molecule is CCC1(CNC(C)c2ccc(SC)cc2)CCC1. The summed E-state index contributed by atoms with van der Waals surface area (Å²) in [6, 6.07) is 9.41. The van der Waals surface area contributed by atoms with Crippen LogP contribution in [0.4, 0.5) is 0 Å². The molecule has 0 amide bonds. The van der Waals surface area contributed by atoms with E-state index in [0.717, 1.165) is 0 Å². The summed E-state index contributed by atoms with van der Waals surface area (Å²) in [6.07, 6.45) is 7.69. The Labute approximate surface area is 116 Å². The minimum absolute atomic E-state index is 0.463. The van der Waals surface area contributed by atoms with E-state index in [0.29, 0.717) is 11.5 Å². The molecular weight excluding hydrogens is 238 g/mol. The third-order valence-electron chi connectivity index (χ3n) is 4.56. The summed E-state index contributed by atoms with van der Waals surface area (Å²) < 4.78 is 0. The Hall–Kier alpha value is -0.470. The summed E-state index contributed by atoms with van der Waals surface area (Å²) >= 11 is 1.80. The predicted molar refractivity (Wildman–Crippen MR) is 81.2 cm³/mol. The lowest BCUT2D eigenvalue weighted by Crippen LogP contribution is -2.40. The highest BCUT2D eigenvalue weighted by molar-refractivity contribution is 7.98. The van der Waals surface area contributed by atoms with Crippen LogP contribution in [0.25, 0.3) is 0 Å². The smallest absolute Gasteiger partial charge is 0.0292 e. The first-order valence-electron chi connectivity index (χ1n) is 7.06. The average Bonchev–Trinajstić information content (AvgIpc) is 2.38. The average molecular weight is 263 g/mol. The summed E-state index contributed by atoms with van der Waals surface area (Å²) in [4.78, 5) is 1.34. The van der Waals surface area contributed by atoms with Gasteiger partial charge in [-0.15, -0.1) is 11.8 Å². The lowest BCUT2D eigenvalue weighted by Gasteiger charge is -2.42.